The monoisotopic (exact) mass is 278 g/mol. The van der Waals surface area contributed by atoms with Crippen LogP contribution >= 0.6 is 11.6 Å². The number of rotatable bonds is 0. The Morgan fingerprint density at radius 2 is 1.89 bits per heavy atom. The molecule has 96 valence electrons. The second-order valence-corrected chi connectivity index (χ2v) is 4.16. The first-order valence-corrected chi connectivity index (χ1v) is 5.22. The van der Waals surface area contributed by atoms with Gasteiger partial charge in [0.15, 0.2) is 0 Å². The molecule has 1 heterocycles. The number of hydrogen-bond donors (Lipinski definition) is 1. The van der Waals surface area contributed by atoms with Crippen molar-refractivity contribution in [3.8, 4) is 0 Å². The fourth-order valence-electron chi connectivity index (χ4n) is 1.69. The molecule has 2 rings (SSSR count). The zero-order valence-corrected chi connectivity index (χ0v) is 9.83. The van der Waals surface area contributed by atoms with Crippen LogP contribution in [0.25, 0.3) is 10.9 Å². The van der Waals surface area contributed by atoms with Gasteiger partial charge < -0.3 is 5.73 Å². The van der Waals surface area contributed by atoms with Crippen molar-refractivity contribution < 1.29 is 17.6 Å². The Labute approximate surface area is 104 Å². The summed E-state index contributed by atoms with van der Waals surface area (Å²) in [6.45, 7) is 1.14. The number of nitrogens with zero attached hydrogens (tertiary/aromatic N) is 1. The zero-order chi connectivity index (χ0) is 13.7. The number of pyridine rings is 1. The van der Waals surface area contributed by atoms with Crippen molar-refractivity contribution >= 4 is 28.2 Å². The quantitative estimate of drug-likeness (QED) is 0.742. The van der Waals surface area contributed by atoms with Gasteiger partial charge in [-0.2, -0.15) is 13.2 Å². The van der Waals surface area contributed by atoms with E-state index in [0.29, 0.717) is 0 Å². The molecular weight excluding hydrogens is 272 g/mol. The van der Waals surface area contributed by atoms with E-state index in [1.807, 2.05) is 0 Å². The first-order valence-electron chi connectivity index (χ1n) is 4.84. The minimum absolute atomic E-state index is 0.0800. The Balaban J connectivity index is 2.97. The molecule has 0 fully saturated rings. The van der Waals surface area contributed by atoms with E-state index < -0.39 is 17.7 Å². The smallest absolute Gasteiger partial charge is 0.398 e. The lowest BCUT2D eigenvalue weighted by atomic mass is 10.1. The first-order chi connectivity index (χ1) is 8.23. The lowest BCUT2D eigenvalue weighted by Gasteiger charge is -2.14. The van der Waals surface area contributed by atoms with Crippen molar-refractivity contribution in [3.63, 3.8) is 0 Å². The number of fused-ring (bicyclic) bond motifs is 1. The molecule has 1 aromatic heterocycles. The average molecular weight is 279 g/mol. The van der Waals surface area contributed by atoms with Crippen LogP contribution in [0.15, 0.2) is 12.1 Å². The third-order valence-corrected chi connectivity index (χ3v) is 2.90. The maximum atomic E-state index is 13.6. The largest absolute Gasteiger partial charge is 0.433 e. The van der Waals surface area contributed by atoms with Crippen LogP contribution in [0.4, 0.5) is 23.2 Å². The minimum atomic E-state index is -4.66. The van der Waals surface area contributed by atoms with E-state index in [0.717, 1.165) is 19.1 Å². The lowest BCUT2D eigenvalue weighted by molar-refractivity contribution is -0.141. The van der Waals surface area contributed by atoms with Crippen LogP contribution in [0.3, 0.4) is 0 Å². The van der Waals surface area contributed by atoms with Crippen LogP contribution in [0.5, 0.6) is 0 Å². The van der Waals surface area contributed by atoms with Gasteiger partial charge in [-0.3, -0.25) is 0 Å². The fourth-order valence-corrected chi connectivity index (χ4v) is 1.89. The molecule has 0 unspecified atom stereocenters. The summed E-state index contributed by atoms with van der Waals surface area (Å²) in [5, 5.41) is -0.267. The van der Waals surface area contributed by atoms with Gasteiger partial charge in [-0.15, -0.1) is 0 Å². The van der Waals surface area contributed by atoms with Gasteiger partial charge in [0.25, 0.3) is 0 Å². The molecule has 0 atom stereocenters. The van der Waals surface area contributed by atoms with Gasteiger partial charge in [0.1, 0.15) is 11.5 Å². The Bertz CT molecular complexity index is 637. The molecule has 1 aromatic carbocycles. The summed E-state index contributed by atoms with van der Waals surface area (Å²) >= 11 is 5.72. The molecule has 0 saturated heterocycles. The summed E-state index contributed by atoms with van der Waals surface area (Å²) in [6, 6.07) is 2.18. The zero-order valence-electron chi connectivity index (χ0n) is 9.07. The second kappa shape index (κ2) is 3.98. The molecule has 0 bridgehead atoms. The Hall–Kier alpha value is -1.56. The van der Waals surface area contributed by atoms with Crippen LogP contribution in [0.1, 0.15) is 11.3 Å². The maximum absolute atomic E-state index is 13.6. The van der Waals surface area contributed by atoms with Crippen molar-refractivity contribution in [1.82, 2.24) is 4.98 Å². The summed E-state index contributed by atoms with van der Waals surface area (Å²) in [5.41, 5.74) is 3.50. The highest BCUT2D eigenvalue weighted by atomic mass is 35.5. The molecular formula is C11H7ClF4N2. The highest BCUT2D eigenvalue weighted by Gasteiger charge is 2.36. The molecule has 2 N–H and O–H groups in total. The van der Waals surface area contributed by atoms with E-state index in [1.54, 1.807) is 0 Å². The predicted molar refractivity (Wildman–Crippen MR) is 60.9 cm³/mol. The summed E-state index contributed by atoms with van der Waals surface area (Å²) in [7, 11) is 0. The SMILES string of the molecule is Cc1c(C(F)(F)F)nc2c(Cl)ccc(F)c2c1N. The van der Waals surface area contributed by atoms with Crippen molar-refractivity contribution in [2.45, 2.75) is 13.1 Å². The fraction of sp³-hybridized carbons (Fsp3) is 0.182. The van der Waals surface area contributed by atoms with E-state index in [9.17, 15) is 17.6 Å². The van der Waals surface area contributed by atoms with Crippen molar-refractivity contribution in [2.75, 3.05) is 5.73 Å². The molecule has 0 aliphatic carbocycles. The topological polar surface area (TPSA) is 38.9 Å². The molecule has 0 aliphatic rings. The number of halogens is 5. The second-order valence-electron chi connectivity index (χ2n) is 3.75. The van der Waals surface area contributed by atoms with Crippen molar-refractivity contribution in [2.24, 2.45) is 0 Å². The number of anilines is 1. The van der Waals surface area contributed by atoms with Crippen LogP contribution in [0.2, 0.25) is 5.02 Å². The van der Waals surface area contributed by atoms with Crippen molar-refractivity contribution in [1.29, 1.82) is 0 Å². The number of hydrogen-bond acceptors (Lipinski definition) is 2. The van der Waals surface area contributed by atoms with Crippen LogP contribution < -0.4 is 5.73 Å². The minimum Gasteiger partial charge on any atom is -0.398 e. The summed E-state index contributed by atoms with van der Waals surface area (Å²) in [6.07, 6.45) is -4.66. The molecule has 0 saturated carbocycles. The van der Waals surface area contributed by atoms with Gasteiger partial charge in [-0.1, -0.05) is 11.6 Å². The van der Waals surface area contributed by atoms with E-state index in [4.69, 9.17) is 17.3 Å². The number of nitrogen functional groups attached to an aromatic ring is 1. The number of benzene rings is 1. The molecule has 0 aliphatic heterocycles. The highest BCUT2D eigenvalue weighted by molar-refractivity contribution is 6.35. The Kier molecular flexibility index (Phi) is 2.85. The summed E-state index contributed by atoms with van der Waals surface area (Å²) in [5.74, 6) is -0.753. The van der Waals surface area contributed by atoms with E-state index in [-0.39, 0.29) is 27.2 Å². The lowest BCUT2D eigenvalue weighted by Crippen LogP contribution is -2.13. The number of aromatic nitrogens is 1. The van der Waals surface area contributed by atoms with Crippen molar-refractivity contribution in [3.05, 3.63) is 34.2 Å². The van der Waals surface area contributed by atoms with Gasteiger partial charge in [0.05, 0.1) is 15.9 Å². The highest BCUT2D eigenvalue weighted by Crippen LogP contribution is 2.38. The molecule has 0 radical (unpaired) electrons. The normalized spacial score (nSPS) is 12.1. The Morgan fingerprint density at radius 1 is 1.28 bits per heavy atom. The van der Waals surface area contributed by atoms with Gasteiger partial charge in [-0.05, 0) is 19.1 Å². The molecule has 2 aromatic rings. The third-order valence-electron chi connectivity index (χ3n) is 2.60. The van der Waals surface area contributed by atoms with Gasteiger partial charge >= 0.3 is 6.18 Å². The molecule has 0 amide bonds. The molecule has 18 heavy (non-hydrogen) atoms. The summed E-state index contributed by atoms with van der Waals surface area (Å²) in [4.78, 5) is 3.39. The number of alkyl halides is 3. The van der Waals surface area contributed by atoms with Crippen LogP contribution in [-0.2, 0) is 6.18 Å². The molecule has 0 spiro atoms. The Morgan fingerprint density at radius 3 is 2.44 bits per heavy atom. The predicted octanol–water partition coefficient (Wildman–Crippen LogP) is 3.94. The van der Waals surface area contributed by atoms with Gasteiger partial charge in [0, 0.05) is 11.3 Å². The van der Waals surface area contributed by atoms with Gasteiger partial charge in [-0.25, -0.2) is 9.37 Å². The average Bonchev–Trinajstić information content (AvgIpc) is 2.26. The third kappa shape index (κ3) is 1.86. The van der Waals surface area contributed by atoms with Crippen LogP contribution in [0, 0.1) is 12.7 Å². The molecule has 2 nitrogen and oxygen atoms in total. The van der Waals surface area contributed by atoms with Gasteiger partial charge in [0.2, 0.25) is 0 Å². The van der Waals surface area contributed by atoms with E-state index in [2.05, 4.69) is 4.98 Å². The summed E-state index contributed by atoms with van der Waals surface area (Å²) < 4.78 is 51.8. The van der Waals surface area contributed by atoms with Crippen LogP contribution in [-0.4, -0.2) is 4.98 Å². The van der Waals surface area contributed by atoms with E-state index in [1.165, 1.54) is 0 Å². The number of nitrogens with two attached hydrogens (primary N) is 1. The first kappa shape index (κ1) is 12.9. The maximum Gasteiger partial charge on any atom is 0.433 e. The van der Waals surface area contributed by atoms with E-state index >= 15 is 0 Å². The molecule has 7 heteroatoms. The standard InChI is InChI=1S/C11H7ClF4N2/c1-4-8(17)7-6(13)3-2-5(12)9(7)18-10(4)11(14,15)16/h2-3H,1H3,(H2,17,18).